The summed E-state index contributed by atoms with van der Waals surface area (Å²) in [6.07, 6.45) is -3.56. The van der Waals surface area contributed by atoms with Gasteiger partial charge in [0, 0.05) is 71.4 Å². The van der Waals surface area contributed by atoms with E-state index in [9.17, 15) is 56.5 Å². The number of aliphatic carboxylic acids is 1. The first-order valence-electron chi connectivity index (χ1n) is 24.8. The first-order valence-corrected chi connectivity index (χ1v) is 26.7. The molecular formula is C58H49BrCl2F4N6O14. The molecule has 0 unspecified atom stereocenters. The molecule has 8 aromatic rings. The Bertz CT molecular complexity index is 3620. The van der Waals surface area contributed by atoms with Gasteiger partial charge in [-0.15, -0.1) is 0 Å². The van der Waals surface area contributed by atoms with Crippen molar-refractivity contribution in [3.05, 3.63) is 202 Å². The molecule has 0 aliphatic carbocycles. The zero-order valence-corrected chi connectivity index (χ0v) is 47.6. The normalized spacial score (nSPS) is 11.5. The molecule has 0 radical (unpaired) electrons. The summed E-state index contributed by atoms with van der Waals surface area (Å²) in [7, 11) is 0. The molecule has 85 heavy (non-hydrogen) atoms. The standard InChI is InChI=1S/C29H24ClF2N3O7.C26H20ClF2N3O5.C3H5BrO2/c1-17(36)40-16-41-29(39)26(37)15-35(14-18-6-8-19(9-7-18)22-12-20(30)10-11-24(22)32)33-28(38)27-13-25(34-42-27)21-4-2-3-5-23(21)31;27-17-9-10-21(29)19(11-17)16-7-5-15(6-8-16)13-32(14-23(33)26(35)36)30-25(34)24-12-22(31-37-24)18-3-1-2-4-20(18)28;1-3(5)6-2-4/h2-13,26,37H,14-16H2,1H3,(H,33,38);1-12,23,33H,13-14H2,(H,30,34)(H,35,36);2H2,1H3/t26-;23-;/m11./s1. The Morgan fingerprint density at radius 1 is 0.553 bits per heavy atom. The Balaban J connectivity index is 0.000000250. The molecule has 8 rings (SSSR count). The fourth-order valence-electron chi connectivity index (χ4n) is 7.42. The van der Waals surface area contributed by atoms with E-state index in [4.69, 9.17) is 42.1 Å². The summed E-state index contributed by atoms with van der Waals surface area (Å²) in [4.78, 5) is 69.9. The molecule has 6 aromatic carbocycles. The van der Waals surface area contributed by atoms with Crippen LogP contribution in [0.3, 0.4) is 0 Å². The summed E-state index contributed by atoms with van der Waals surface area (Å²) in [5.41, 5.74) is 8.67. The Labute approximate surface area is 499 Å². The fourth-order valence-corrected chi connectivity index (χ4v) is 8.09. The zero-order valence-electron chi connectivity index (χ0n) is 44.5. The number of aliphatic hydroxyl groups is 2. The van der Waals surface area contributed by atoms with Crippen LogP contribution in [0.4, 0.5) is 17.6 Å². The van der Waals surface area contributed by atoms with Crippen molar-refractivity contribution in [2.75, 3.05) is 25.4 Å². The van der Waals surface area contributed by atoms with Gasteiger partial charge in [0.2, 0.25) is 18.3 Å². The molecule has 2 heterocycles. The summed E-state index contributed by atoms with van der Waals surface area (Å²) < 4.78 is 80.4. The number of carboxylic acids is 1. The van der Waals surface area contributed by atoms with Crippen molar-refractivity contribution in [1.29, 1.82) is 0 Å². The quantitative estimate of drug-likeness (QED) is 0.0147. The van der Waals surface area contributed by atoms with Crippen LogP contribution in [0.2, 0.25) is 10.0 Å². The van der Waals surface area contributed by atoms with Gasteiger partial charge in [-0.2, -0.15) is 0 Å². The number of benzene rings is 6. The number of halogens is 7. The predicted octanol–water partition coefficient (Wildman–Crippen LogP) is 9.95. The Hall–Kier alpha value is -8.82. The van der Waals surface area contributed by atoms with E-state index in [1.54, 1.807) is 60.7 Å². The molecule has 444 valence electrons. The van der Waals surface area contributed by atoms with E-state index in [1.807, 2.05) is 0 Å². The average molecular weight is 1280 g/mol. The van der Waals surface area contributed by atoms with E-state index >= 15 is 0 Å². The number of hydrogen-bond acceptors (Lipinski definition) is 17. The van der Waals surface area contributed by atoms with Crippen molar-refractivity contribution in [3.8, 4) is 44.8 Å². The maximum absolute atomic E-state index is 14.3. The van der Waals surface area contributed by atoms with Gasteiger partial charge in [0.05, 0.1) is 13.1 Å². The lowest BCUT2D eigenvalue weighted by atomic mass is 10.0. The molecule has 0 saturated heterocycles. The number of aromatic nitrogens is 2. The minimum atomic E-state index is -1.80. The largest absolute Gasteiger partial charge is 0.479 e. The van der Waals surface area contributed by atoms with E-state index in [-0.39, 0.29) is 53.1 Å². The van der Waals surface area contributed by atoms with Crippen LogP contribution in [0.1, 0.15) is 46.1 Å². The van der Waals surface area contributed by atoms with Gasteiger partial charge in [-0.3, -0.25) is 30.0 Å². The number of carboxylic acid groups (broad SMARTS) is 1. The van der Waals surface area contributed by atoms with E-state index in [0.717, 1.165) is 6.92 Å². The van der Waals surface area contributed by atoms with Crippen LogP contribution in [0.25, 0.3) is 44.8 Å². The highest BCUT2D eigenvalue weighted by Gasteiger charge is 2.26. The van der Waals surface area contributed by atoms with E-state index in [2.05, 4.69) is 46.6 Å². The molecule has 0 aliphatic rings. The lowest BCUT2D eigenvalue weighted by molar-refractivity contribution is -0.173. The number of amides is 2. The third-order valence-electron chi connectivity index (χ3n) is 11.5. The summed E-state index contributed by atoms with van der Waals surface area (Å²) in [5.74, 6) is -7.65. The van der Waals surface area contributed by atoms with Crippen molar-refractivity contribution < 1.29 is 84.9 Å². The number of carbonyl (C=O) groups excluding carboxylic acids is 5. The zero-order chi connectivity index (χ0) is 61.7. The number of carbonyl (C=O) groups is 6. The maximum atomic E-state index is 14.3. The molecular weight excluding hydrogens is 1230 g/mol. The number of rotatable bonds is 21. The highest BCUT2D eigenvalue weighted by atomic mass is 79.9. The van der Waals surface area contributed by atoms with Crippen LogP contribution >= 0.6 is 39.1 Å². The van der Waals surface area contributed by atoms with Gasteiger partial charge in [0.15, 0.2) is 12.2 Å². The number of nitrogens with zero attached hydrogens (tertiary/aromatic N) is 4. The van der Waals surface area contributed by atoms with Gasteiger partial charge < -0.3 is 38.6 Å². The van der Waals surface area contributed by atoms with Crippen LogP contribution in [0.15, 0.2) is 155 Å². The van der Waals surface area contributed by atoms with Crippen molar-refractivity contribution >= 4 is 74.8 Å². The molecule has 20 nitrogen and oxygen atoms in total. The van der Waals surface area contributed by atoms with Crippen LogP contribution in [0.5, 0.6) is 0 Å². The summed E-state index contributed by atoms with van der Waals surface area (Å²) in [6, 6.07) is 35.7. The molecule has 2 atom stereocenters. The number of ether oxygens (including phenoxy) is 3. The number of hydrogen-bond donors (Lipinski definition) is 5. The Kier molecular flexibility index (Phi) is 24.4. The van der Waals surface area contributed by atoms with Gasteiger partial charge >= 0.3 is 35.7 Å². The van der Waals surface area contributed by atoms with E-state index in [0.29, 0.717) is 48.9 Å². The van der Waals surface area contributed by atoms with Crippen LogP contribution < -0.4 is 10.9 Å². The Morgan fingerprint density at radius 2 is 0.953 bits per heavy atom. The monoisotopic (exact) mass is 1280 g/mol. The molecule has 2 amide bonds. The number of alkyl halides is 1. The number of aliphatic hydroxyl groups excluding tert-OH is 2. The van der Waals surface area contributed by atoms with Gasteiger partial charge in [-0.1, -0.05) is 106 Å². The first kappa shape index (κ1) is 65.3. The van der Waals surface area contributed by atoms with Crippen molar-refractivity contribution in [3.63, 3.8) is 0 Å². The molecule has 0 aliphatic heterocycles. The van der Waals surface area contributed by atoms with Gasteiger partial charge in [-0.05, 0) is 98.8 Å². The predicted molar refractivity (Wildman–Crippen MR) is 301 cm³/mol. The SMILES string of the molecule is CC(=O)OCBr.CC(=O)OCOC(=O)[C@H](O)CN(Cc1ccc(-c2cc(Cl)ccc2F)cc1)NC(=O)c1cc(-c2ccccc2F)no1.O=C(NN(Cc1ccc(-c2cc(Cl)ccc2F)cc1)C[C@@H](O)C(=O)O)c1cc(-c2ccccc2F)no1. The second kappa shape index (κ2) is 31.7. The van der Waals surface area contributed by atoms with Gasteiger partial charge in [0.25, 0.3) is 0 Å². The van der Waals surface area contributed by atoms with E-state index < -0.39 is 85.1 Å². The second-order valence-corrected chi connectivity index (χ2v) is 19.1. The minimum Gasteiger partial charge on any atom is -0.479 e. The lowest BCUT2D eigenvalue weighted by Crippen LogP contribution is -2.47. The lowest BCUT2D eigenvalue weighted by Gasteiger charge is -2.24. The third-order valence-corrected chi connectivity index (χ3v) is 12.2. The van der Waals surface area contributed by atoms with Crippen LogP contribution in [-0.2, 0) is 46.5 Å². The van der Waals surface area contributed by atoms with Crippen LogP contribution in [0, 0.1) is 23.3 Å². The van der Waals surface area contributed by atoms with E-state index in [1.165, 1.54) is 102 Å². The molecule has 0 saturated carbocycles. The first-order chi connectivity index (χ1) is 40.6. The molecule has 0 fully saturated rings. The number of esters is 3. The second-order valence-electron chi connectivity index (χ2n) is 17.7. The molecule has 27 heteroatoms. The Morgan fingerprint density at radius 3 is 1.33 bits per heavy atom. The summed E-state index contributed by atoms with van der Waals surface area (Å²) in [5, 5.41) is 40.0. The number of nitrogens with one attached hydrogen (secondary N) is 2. The average Bonchev–Trinajstić information content (AvgIpc) is 4.41. The summed E-state index contributed by atoms with van der Waals surface area (Å²) >= 11 is 14.9. The van der Waals surface area contributed by atoms with Crippen molar-refractivity contribution in [1.82, 2.24) is 31.2 Å². The molecule has 5 N–H and O–H groups in total. The minimum absolute atomic E-state index is 0.0112. The third kappa shape index (κ3) is 19.9. The topological polar surface area (TPSA) is 273 Å². The fraction of sp³-hybridized carbons (Fsp3) is 0.172. The molecule has 2 aromatic heterocycles. The highest BCUT2D eigenvalue weighted by molar-refractivity contribution is 9.09. The van der Waals surface area contributed by atoms with Gasteiger partial charge in [0.1, 0.15) is 40.2 Å². The maximum Gasteiger partial charge on any atom is 0.339 e. The molecule has 0 bridgehead atoms. The van der Waals surface area contributed by atoms with Crippen molar-refractivity contribution in [2.24, 2.45) is 0 Å². The van der Waals surface area contributed by atoms with Gasteiger partial charge in [-0.25, -0.2) is 37.2 Å². The number of hydrazine groups is 2. The van der Waals surface area contributed by atoms with Crippen LogP contribution in [-0.4, -0.2) is 109 Å². The smallest absolute Gasteiger partial charge is 0.339 e. The van der Waals surface area contributed by atoms with Crippen molar-refractivity contribution in [2.45, 2.75) is 39.1 Å². The molecule has 0 spiro atoms. The summed E-state index contributed by atoms with van der Waals surface area (Å²) in [6.45, 7) is 0.824. The highest BCUT2D eigenvalue weighted by Crippen LogP contribution is 2.29.